The summed E-state index contributed by atoms with van der Waals surface area (Å²) in [5, 5.41) is 3.40. The number of rotatable bonds is 4. The molecule has 30 heavy (non-hydrogen) atoms. The molecule has 2 aromatic carbocycles. The Morgan fingerprint density at radius 3 is 2.50 bits per heavy atom. The van der Waals surface area contributed by atoms with Gasteiger partial charge in [0.2, 0.25) is 5.95 Å². The molecule has 0 radical (unpaired) electrons. The smallest absolute Gasteiger partial charge is 0.229 e. The third-order valence-corrected chi connectivity index (χ3v) is 6.28. The number of nitrogens with zero attached hydrogens (tertiary/aromatic N) is 4. The van der Waals surface area contributed by atoms with E-state index in [2.05, 4.69) is 81.6 Å². The first kappa shape index (κ1) is 18.9. The van der Waals surface area contributed by atoms with E-state index in [0.717, 1.165) is 49.2 Å². The maximum absolute atomic E-state index is 4.82. The van der Waals surface area contributed by atoms with Crippen LogP contribution in [0, 0.1) is 12.8 Å². The van der Waals surface area contributed by atoms with Crippen LogP contribution in [0.1, 0.15) is 31.0 Å². The highest BCUT2D eigenvalue weighted by Gasteiger charge is 2.21. The van der Waals surface area contributed by atoms with E-state index in [1.165, 1.54) is 29.8 Å². The molecule has 1 fully saturated rings. The summed E-state index contributed by atoms with van der Waals surface area (Å²) in [5.41, 5.74) is 5.91. The summed E-state index contributed by atoms with van der Waals surface area (Å²) in [7, 11) is 0. The van der Waals surface area contributed by atoms with Crippen LogP contribution in [0.3, 0.4) is 0 Å². The van der Waals surface area contributed by atoms with Gasteiger partial charge in [-0.1, -0.05) is 25.1 Å². The summed E-state index contributed by atoms with van der Waals surface area (Å²) >= 11 is 0. The van der Waals surface area contributed by atoms with Crippen molar-refractivity contribution in [3.05, 3.63) is 65.9 Å². The quantitative estimate of drug-likeness (QED) is 0.631. The van der Waals surface area contributed by atoms with Crippen molar-refractivity contribution in [3.63, 3.8) is 0 Å². The minimum Gasteiger partial charge on any atom is -0.372 e. The first-order valence-electron chi connectivity index (χ1n) is 11.0. The number of nitrogens with one attached hydrogen (secondary N) is 1. The zero-order valence-corrected chi connectivity index (χ0v) is 17.8. The Kier molecular flexibility index (Phi) is 5.03. The highest BCUT2D eigenvalue weighted by Crippen LogP contribution is 2.34. The Morgan fingerprint density at radius 2 is 1.70 bits per heavy atom. The van der Waals surface area contributed by atoms with Gasteiger partial charge in [-0.2, -0.15) is 4.98 Å². The van der Waals surface area contributed by atoms with Crippen molar-refractivity contribution in [2.75, 3.05) is 34.8 Å². The molecule has 5 heteroatoms. The molecule has 0 saturated carbocycles. The summed E-state index contributed by atoms with van der Waals surface area (Å²) < 4.78 is 0. The number of anilines is 5. The molecule has 5 nitrogen and oxygen atoms in total. The molecule has 3 aromatic rings. The van der Waals surface area contributed by atoms with Crippen LogP contribution in [0.5, 0.6) is 0 Å². The molecule has 3 heterocycles. The molecular weight excluding hydrogens is 370 g/mol. The van der Waals surface area contributed by atoms with Crippen LogP contribution in [0.15, 0.2) is 54.6 Å². The fourth-order valence-corrected chi connectivity index (χ4v) is 4.47. The highest BCUT2D eigenvalue weighted by molar-refractivity contribution is 5.69. The average molecular weight is 400 g/mol. The van der Waals surface area contributed by atoms with Gasteiger partial charge in [0, 0.05) is 48.5 Å². The molecule has 154 valence electrons. The van der Waals surface area contributed by atoms with E-state index in [1.807, 2.05) is 6.92 Å². The number of aryl methyl sites for hydroxylation is 1. The predicted octanol–water partition coefficient (Wildman–Crippen LogP) is 5.46. The molecule has 1 N–H and O–H groups in total. The van der Waals surface area contributed by atoms with Crippen LogP contribution in [0.4, 0.5) is 28.8 Å². The van der Waals surface area contributed by atoms with Crippen LogP contribution in [-0.2, 0) is 6.42 Å². The van der Waals surface area contributed by atoms with Gasteiger partial charge in [0.1, 0.15) is 5.82 Å². The zero-order valence-electron chi connectivity index (χ0n) is 17.8. The number of fused-ring (bicyclic) bond motifs is 1. The van der Waals surface area contributed by atoms with Gasteiger partial charge in [0.05, 0.1) is 0 Å². The van der Waals surface area contributed by atoms with Crippen LogP contribution >= 0.6 is 0 Å². The average Bonchev–Trinajstić information content (AvgIpc) is 3.19. The van der Waals surface area contributed by atoms with Gasteiger partial charge in [-0.3, -0.25) is 0 Å². The van der Waals surface area contributed by atoms with E-state index in [-0.39, 0.29) is 0 Å². The normalized spacial score (nSPS) is 16.6. The first-order chi connectivity index (χ1) is 14.7. The second-order valence-corrected chi connectivity index (χ2v) is 8.56. The van der Waals surface area contributed by atoms with Gasteiger partial charge in [0.25, 0.3) is 0 Å². The van der Waals surface area contributed by atoms with Crippen LogP contribution in [-0.4, -0.2) is 29.6 Å². The molecule has 2 aliphatic heterocycles. The molecule has 5 rings (SSSR count). The number of aromatic nitrogens is 2. The van der Waals surface area contributed by atoms with E-state index < -0.39 is 0 Å². The standard InChI is InChI=1S/C25H29N5/c1-18-11-14-29(15-12-18)22-9-7-21(8-10-22)27-25-26-19(2)17-24(28-25)30-16-13-20-5-3-4-6-23(20)30/h3-10,17-18H,11-16H2,1-2H3,(H,26,27,28). The number of benzene rings is 2. The topological polar surface area (TPSA) is 44.3 Å². The molecule has 0 aliphatic carbocycles. The fraction of sp³-hybridized carbons (Fsp3) is 0.360. The van der Waals surface area contributed by atoms with E-state index in [1.54, 1.807) is 0 Å². The maximum atomic E-state index is 4.82. The van der Waals surface area contributed by atoms with E-state index in [0.29, 0.717) is 5.95 Å². The van der Waals surface area contributed by atoms with Gasteiger partial charge < -0.3 is 15.1 Å². The Balaban J connectivity index is 1.33. The maximum Gasteiger partial charge on any atom is 0.229 e. The highest BCUT2D eigenvalue weighted by atomic mass is 15.2. The van der Waals surface area contributed by atoms with Crippen molar-refractivity contribution in [1.82, 2.24) is 9.97 Å². The SMILES string of the molecule is Cc1cc(N2CCc3ccccc32)nc(Nc2ccc(N3CCC(C)CC3)cc2)n1. The number of hydrogen-bond acceptors (Lipinski definition) is 5. The van der Waals surface area contributed by atoms with E-state index in [4.69, 9.17) is 4.98 Å². The fourth-order valence-electron chi connectivity index (χ4n) is 4.47. The largest absolute Gasteiger partial charge is 0.372 e. The van der Waals surface area contributed by atoms with Gasteiger partial charge in [-0.25, -0.2) is 4.98 Å². The van der Waals surface area contributed by atoms with Crippen molar-refractivity contribution < 1.29 is 0 Å². The van der Waals surface area contributed by atoms with Crippen LogP contribution < -0.4 is 15.1 Å². The molecule has 2 aliphatic rings. The second kappa shape index (κ2) is 7.98. The summed E-state index contributed by atoms with van der Waals surface area (Å²) in [6.45, 7) is 7.63. The predicted molar refractivity (Wildman–Crippen MR) is 124 cm³/mol. The minimum atomic E-state index is 0.647. The molecule has 0 unspecified atom stereocenters. The number of piperidine rings is 1. The Morgan fingerprint density at radius 1 is 0.933 bits per heavy atom. The van der Waals surface area contributed by atoms with Gasteiger partial charge in [-0.15, -0.1) is 0 Å². The lowest BCUT2D eigenvalue weighted by atomic mass is 9.99. The van der Waals surface area contributed by atoms with Crippen LogP contribution in [0.2, 0.25) is 0 Å². The molecule has 1 aromatic heterocycles. The monoisotopic (exact) mass is 399 g/mol. The molecule has 0 bridgehead atoms. The third kappa shape index (κ3) is 3.84. The molecule has 0 amide bonds. The third-order valence-electron chi connectivity index (χ3n) is 6.28. The van der Waals surface area contributed by atoms with Gasteiger partial charge >= 0.3 is 0 Å². The first-order valence-corrected chi connectivity index (χ1v) is 11.0. The molecule has 0 atom stereocenters. The lowest BCUT2D eigenvalue weighted by Crippen LogP contribution is -2.32. The molecular formula is C25H29N5. The van der Waals surface area contributed by atoms with Crippen molar-refractivity contribution >= 4 is 28.8 Å². The van der Waals surface area contributed by atoms with Gasteiger partial charge in [0.15, 0.2) is 0 Å². The Hall–Kier alpha value is -3.08. The van der Waals surface area contributed by atoms with Crippen LogP contribution in [0.25, 0.3) is 0 Å². The van der Waals surface area contributed by atoms with Crippen molar-refractivity contribution in [3.8, 4) is 0 Å². The Bertz CT molecular complexity index is 1020. The van der Waals surface area contributed by atoms with Crippen molar-refractivity contribution in [2.45, 2.75) is 33.1 Å². The summed E-state index contributed by atoms with van der Waals surface area (Å²) in [6.07, 6.45) is 3.61. The second-order valence-electron chi connectivity index (χ2n) is 8.56. The summed E-state index contributed by atoms with van der Waals surface area (Å²) in [4.78, 5) is 14.2. The summed E-state index contributed by atoms with van der Waals surface area (Å²) in [5.74, 6) is 2.44. The molecule has 0 spiro atoms. The van der Waals surface area contributed by atoms with Gasteiger partial charge in [-0.05, 0) is 68.0 Å². The summed E-state index contributed by atoms with van der Waals surface area (Å²) in [6, 6.07) is 19.3. The van der Waals surface area contributed by atoms with Crippen molar-refractivity contribution in [2.24, 2.45) is 5.92 Å². The lowest BCUT2D eigenvalue weighted by Gasteiger charge is -2.32. The lowest BCUT2D eigenvalue weighted by molar-refractivity contribution is 0.438. The van der Waals surface area contributed by atoms with Crippen molar-refractivity contribution in [1.29, 1.82) is 0 Å². The Labute approximate surface area is 178 Å². The van der Waals surface area contributed by atoms with E-state index in [9.17, 15) is 0 Å². The number of hydrogen-bond donors (Lipinski definition) is 1. The molecule has 1 saturated heterocycles. The minimum absolute atomic E-state index is 0.647. The number of para-hydroxylation sites is 1. The zero-order chi connectivity index (χ0) is 20.5. The van der Waals surface area contributed by atoms with E-state index >= 15 is 0 Å².